The van der Waals surface area contributed by atoms with E-state index in [1.807, 2.05) is 0 Å². The summed E-state index contributed by atoms with van der Waals surface area (Å²) in [7, 11) is 0. The van der Waals surface area contributed by atoms with E-state index in [4.69, 9.17) is 4.74 Å². The lowest BCUT2D eigenvalue weighted by Gasteiger charge is -2.26. The minimum absolute atomic E-state index is 0.0243. The van der Waals surface area contributed by atoms with Crippen molar-refractivity contribution in [2.75, 3.05) is 32.8 Å². The zero-order valence-corrected chi connectivity index (χ0v) is 13.9. The Kier molecular flexibility index (Phi) is 5.28. The van der Waals surface area contributed by atoms with Crippen molar-refractivity contribution >= 4 is 0 Å². The van der Waals surface area contributed by atoms with Gasteiger partial charge in [0.15, 0.2) is 0 Å². The van der Waals surface area contributed by atoms with E-state index in [-0.39, 0.29) is 11.1 Å². The van der Waals surface area contributed by atoms with Crippen LogP contribution in [-0.4, -0.2) is 52.4 Å². The SMILES string of the molecule is O=c1c(-c2ccc(C(F)(F)F)cc2O)cncn1CCN1CCOCC1. The van der Waals surface area contributed by atoms with Crippen molar-refractivity contribution in [1.82, 2.24) is 14.5 Å². The van der Waals surface area contributed by atoms with Crippen LogP contribution in [0, 0.1) is 0 Å². The molecular formula is C17H18F3N3O3. The third-order valence-electron chi connectivity index (χ3n) is 4.28. The molecule has 0 spiro atoms. The number of phenols is 1. The largest absolute Gasteiger partial charge is 0.507 e. The number of aromatic nitrogens is 2. The summed E-state index contributed by atoms with van der Waals surface area (Å²) in [6.07, 6.45) is -1.94. The third-order valence-corrected chi connectivity index (χ3v) is 4.28. The van der Waals surface area contributed by atoms with Crippen molar-refractivity contribution in [3.05, 3.63) is 46.6 Å². The molecule has 140 valence electrons. The van der Waals surface area contributed by atoms with Gasteiger partial charge in [0, 0.05) is 37.9 Å². The van der Waals surface area contributed by atoms with E-state index in [2.05, 4.69) is 9.88 Å². The van der Waals surface area contributed by atoms with Crippen LogP contribution in [0.2, 0.25) is 0 Å². The Hall–Kier alpha value is -2.39. The second kappa shape index (κ2) is 7.46. The Morgan fingerprint density at radius 3 is 2.54 bits per heavy atom. The summed E-state index contributed by atoms with van der Waals surface area (Å²) >= 11 is 0. The maximum atomic E-state index is 12.7. The second-order valence-corrected chi connectivity index (χ2v) is 5.99. The number of morpholine rings is 1. The highest BCUT2D eigenvalue weighted by Gasteiger charge is 2.31. The fourth-order valence-electron chi connectivity index (χ4n) is 2.80. The zero-order valence-electron chi connectivity index (χ0n) is 13.9. The van der Waals surface area contributed by atoms with Gasteiger partial charge >= 0.3 is 6.18 Å². The van der Waals surface area contributed by atoms with E-state index < -0.39 is 23.0 Å². The van der Waals surface area contributed by atoms with Crippen LogP contribution in [0.4, 0.5) is 13.2 Å². The Labute approximate surface area is 147 Å². The molecular weight excluding hydrogens is 351 g/mol. The molecule has 1 aromatic heterocycles. The van der Waals surface area contributed by atoms with Crippen molar-refractivity contribution in [2.45, 2.75) is 12.7 Å². The summed E-state index contributed by atoms with van der Waals surface area (Å²) in [5, 5.41) is 9.96. The van der Waals surface area contributed by atoms with Crippen LogP contribution in [0.15, 0.2) is 35.5 Å². The van der Waals surface area contributed by atoms with Crippen molar-refractivity contribution in [3.63, 3.8) is 0 Å². The molecule has 1 aliphatic heterocycles. The molecule has 2 heterocycles. The predicted octanol–water partition coefficient (Wildman–Crippen LogP) is 1.97. The van der Waals surface area contributed by atoms with E-state index in [0.717, 1.165) is 25.2 Å². The number of alkyl halides is 3. The van der Waals surface area contributed by atoms with Gasteiger partial charge in [-0.15, -0.1) is 0 Å². The monoisotopic (exact) mass is 369 g/mol. The van der Waals surface area contributed by atoms with Crippen LogP contribution < -0.4 is 5.56 Å². The van der Waals surface area contributed by atoms with Crippen LogP contribution >= 0.6 is 0 Å². The molecule has 3 rings (SSSR count). The van der Waals surface area contributed by atoms with Crippen LogP contribution in [0.3, 0.4) is 0 Å². The molecule has 9 heteroatoms. The lowest BCUT2D eigenvalue weighted by atomic mass is 10.0. The van der Waals surface area contributed by atoms with Crippen molar-refractivity contribution < 1.29 is 23.0 Å². The van der Waals surface area contributed by atoms with Gasteiger partial charge in [-0.25, -0.2) is 4.98 Å². The normalized spacial score (nSPS) is 16.0. The number of nitrogens with zero attached hydrogens (tertiary/aromatic N) is 3. The molecule has 0 unspecified atom stereocenters. The molecule has 26 heavy (non-hydrogen) atoms. The Morgan fingerprint density at radius 2 is 1.88 bits per heavy atom. The van der Waals surface area contributed by atoms with Crippen LogP contribution in [-0.2, 0) is 17.5 Å². The fourth-order valence-corrected chi connectivity index (χ4v) is 2.80. The minimum atomic E-state index is -4.57. The van der Waals surface area contributed by atoms with Crippen molar-refractivity contribution in [1.29, 1.82) is 0 Å². The first-order chi connectivity index (χ1) is 12.4. The van der Waals surface area contributed by atoms with Gasteiger partial charge in [0.2, 0.25) is 0 Å². The van der Waals surface area contributed by atoms with Gasteiger partial charge in [0.1, 0.15) is 5.75 Å². The predicted molar refractivity (Wildman–Crippen MR) is 87.9 cm³/mol. The molecule has 1 fully saturated rings. The number of ether oxygens (including phenoxy) is 1. The Bertz CT molecular complexity index is 830. The average Bonchev–Trinajstić information content (AvgIpc) is 2.61. The van der Waals surface area contributed by atoms with Crippen LogP contribution in [0.5, 0.6) is 5.75 Å². The molecule has 2 aromatic rings. The number of phenolic OH excluding ortho intramolecular Hbond substituents is 1. The number of aromatic hydroxyl groups is 1. The first-order valence-electron chi connectivity index (χ1n) is 8.11. The standard InChI is InChI=1S/C17H18F3N3O3/c18-17(19,20)12-1-2-13(15(24)9-12)14-10-21-11-23(16(14)25)4-3-22-5-7-26-8-6-22/h1-2,9-11,24H,3-8H2. The summed E-state index contributed by atoms with van der Waals surface area (Å²) in [5.74, 6) is -0.607. The fraction of sp³-hybridized carbons (Fsp3) is 0.412. The first kappa shape index (κ1) is 18.4. The third kappa shape index (κ3) is 4.05. The maximum Gasteiger partial charge on any atom is 0.416 e. The summed E-state index contributed by atoms with van der Waals surface area (Å²) in [5.41, 5.74) is -1.31. The molecule has 0 amide bonds. The summed E-state index contributed by atoms with van der Waals surface area (Å²) in [4.78, 5) is 18.8. The molecule has 0 radical (unpaired) electrons. The first-order valence-corrected chi connectivity index (χ1v) is 8.11. The topological polar surface area (TPSA) is 67.6 Å². The number of rotatable bonds is 4. The number of hydrogen-bond acceptors (Lipinski definition) is 5. The van der Waals surface area contributed by atoms with Crippen molar-refractivity contribution in [2.24, 2.45) is 0 Å². The number of hydrogen-bond donors (Lipinski definition) is 1. The lowest BCUT2D eigenvalue weighted by Crippen LogP contribution is -2.39. The van der Waals surface area contributed by atoms with E-state index in [1.165, 1.54) is 17.1 Å². The molecule has 1 N–H and O–H groups in total. The second-order valence-electron chi connectivity index (χ2n) is 5.99. The quantitative estimate of drug-likeness (QED) is 0.893. The summed E-state index contributed by atoms with van der Waals surface area (Å²) in [6, 6.07) is 2.53. The van der Waals surface area contributed by atoms with Gasteiger partial charge in [-0.05, 0) is 18.2 Å². The molecule has 1 saturated heterocycles. The highest BCUT2D eigenvalue weighted by Crippen LogP contribution is 2.35. The van der Waals surface area contributed by atoms with Crippen LogP contribution in [0.25, 0.3) is 11.1 Å². The highest BCUT2D eigenvalue weighted by molar-refractivity contribution is 5.69. The van der Waals surface area contributed by atoms with E-state index in [9.17, 15) is 23.1 Å². The molecule has 0 aliphatic carbocycles. The smallest absolute Gasteiger partial charge is 0.416 e. The molecule has 1 aromatic carbocycles. The minimum Gasteiger partial charge on any atom is -0.507 e. The average molecular weight is 369 g/mol. The van der Waals surface area contributed by atoms with E-state index >= 15 is 0 Å². The zero-order chi connectivity index (χ0) is 18.7. The Balaban J connectivity index is 1.84. The molecule has 6 nitrogen and oxygen atoms in total. The van der Waals surface area contributed by atoms with Gasteiger partial charge in [-0.2, -0.15) is 13.2 Å². The lowest BCUT2D eigenvalue weighted by molar-refractivity contribution is -0.137. The van der Waals surface area contributed by atoms with Gasteiger partial charge in [-0.1, -0.05) is 0 Å². The summed E-state index contributed by atoms with van der Waals surface area (Å²) in [6.45, 7) is 3.87. The van der Waals surface area contributed by atoms with E-state index in [1.54, 1.807) is 0 Å². The van der Waals surface area contributed by atoms with Gasteiger partial charge in [-0.3, -0.25) is 14.3 Å². The number of benzene rings is 1. The highest BCUT2D eigenvalue weighted by atomic mass is 19.4. The van der Waals surface area contributed by atoms with Crippen molar-refractivity contribution in [3.8, 4) is 16.9 Å². The molecule has 1 aliphatic rings. The molecule has 0 saturated carbocycles. The van der Waals surface area contributed by atoms with E-state index in [0.29, 0.717) is 32.4 Å². The van der Waals surface area contributed by atoms with Gasteiger partial charge in [0.25, 0.3) is 5.56 Å². The molecule has 0 bridgehead atoms. The van der Waals surface area contributed by atoms with Gasteiger partial charge in [0.05, 0.1) is 30.7 Å². The maximum absolute atomic E-state index is 12.7. The van der Waals surface area contributed by atoms with Crippen LogP contribution in [0.1, 0.15) is 5.56 Å². The summed E-state index contributed by atoms with van der Waals surface area (Å²) < 4.78 is 44.8. The number of halogens is 3. The molecule has 0 atom stereocenters. The van der Waals surface area contributed by atoms with Gasteiger partial charge < -0.3 is 9.84 Å². The Morgan fingerprint density at radius 1 is 1.15 bits per heavy atom.